The molecule has 0 fully saturated rings. The maximum atomic E-state index is 11.9. The fraction of sp³-hybridized carbons (Fsp3) is 0.133. The normalized spacial score (nSPS) is 9.28. The molecule has 0 bridgehead atoms. The largest absolute Gasteiger partial charge is 0.323 e. The van der Waals surface area contributed by atoms with E-state index in [1.165, 1.54) is 0 Å². The van der Waals surface area contributed by atoms with Crippen molar-refractivity contribution in [3.63, 3.8) is 0 Å². The molecular weight excluding hydrogens is 246 g/mol. The Hall–Kier alpha value is -1.64. The zero-order chi connectivity index (χ0) is 13.4. The van der Waals surface area contributed by atoms with Crippen molar-refractivity contribution in [1.29, 1.82) is 0 Å². The number of benzene rings is 2. The highest BCUT2D eigenvalue weighted by atomic mass is 35.5. The van der Waals surface area contributed by atoms with Crippen LogP contribution < -0.4 is 5.32 Å². The van der Waals surface area contributed by atoms with Crippen LogP contribution in [-0.2, 0) is 0 Å². The lowest BCUT2D eigenvalue weighted by Crippen LogP contribution is -1.99. The predicted octanol–water partition coefficient (Wildman–Crippen LogP) is 3.41. The standard InChI is InChI=1S/C13H9ClO.C2H7N/c14-12-8-6-11(7-9-12)13(15)10-4-2-1-3-5-10;1-3-2/h1-9H;3H,1-2H3. The molecule has 2 nitrogen and oxygen atoms in total. The first kappa shape index (κ1) is 14.4. The number of halogens is 1. The summed E-state index contributed by atoms with van der Waals surface area (Å²) in [6.07, 6.45) is 0. The van der Waals surface area contributed by atoms with Crippen LogP contribution in [0.5, 0.6) is 0 Å². The average Bonchev–Trinajstić information content (AvgIpc) is 2.41. The molecule has 2 rings (SSSR count). The van der Waals surface area contributed by atoms with Gasteiger partial charge in [-0.15, -0.1) is 0 Å². The summed E-state index contributed by atoms with van der Waals surface area (Å²) in [5.74, 6) is 0.0206. The summed E-state index contributed by atoms with van der Waals surface area (Å²) in [7, 11) is 3.75. The molecule has 1 N–H and O–H groups in total. The molecule has 2 aromatic carbocycles. The van der Waals surface area contributed by atoms with E-state index >= 15 is 0 Å². The van der Waals surface area contributed by atoms with E-state index in [0.29, 0.717) is 16.1 Å². The molecule has 0 aliphatic rings. The Morgan fingerprint density at radius 3 is 1.83 bits per heavy atom. The van der Waals surface area contributed by atoms with Crippen LogP contribution >= 0.6 is 11.6 Å². The Morgan fingerprint density at radius 2 is 1.33 bits per heavy atom. The molecular formula is C15H16ClNO. The highest BCUT2D eigenvalue weighted by Crippen LogP contribution is 2.13. The van der Waals surface area contributed by atoms with Crippen molar-refractivity contribution in [1.82, 2.24) is 5.32 Å². The van der Waals surface area contributed by atoms with Gasteiger partial charge in [-0.05, 0) is 38.4 Å². The number of hydrogen-bond donors (Lipinski definition) is 1. The smallest absolute Gasteiger partial charge is 0.193 e. The average molecular weight is 262 g/mol. The lowest BCUT2D eigenvalue weighted by Gasteiger charge is -2.00. The zero-order valence-electron chi connectivity index (χ0n) is 10.5. The Balaban J connectivity index is 0.000000492. The molecule has 0 heterocycles. The maximum absolute atomic E-state index is 11.9. The molecule has 0 atom stereocenters. The molecule has 0 radical (unpaired) electrons. The Morgan fingerprint density at radius 1 is 0.889 bits per heavy atom. The molecule has 0 saturated heterocycles. The van der Waals surface area contributed by atoms with E-state index in [2.05, 4.69) is 5.32 Å². The van der Waals surface area contributed by atoms with Gasteiger partial charge in [0.15, 0.2) is 5.78 Å². The molecule has 2 aromatic rings. The third-order valence-corrected chi connectivity index (χ3v) is 2.39. The van der Waals surface area contributed by atoms with Crippen molar-refractivity contribution in [2.75, 3.05) is 14.1 Å². The molecule has 0 amide bonds. The highest BCUT2D eigenvalue weighted by Gasteiger charge is 2.07. The minimum Gasteiger partial charge on any atom is -0.323 e. The van der Waals surface area contributed by atoms with Crippen molar-refractivity contribution in [2.45, 2.75) is 0 Å². The lowest BCUT2D eigenvalue weighted by molar-refractivity contribution is 0.103. The zero-order valence-corrected chi connectivity index (χ0v) is 11.2. The van der Waals surface area contributed by atoms with Gasteiger partial charge in [0, 0.05) is 16.1 Å². The number of nitrogens with one attached hydrogen (secondary N) is 1. The summed E-state index contributed by atoms with van der Waals surface area (Å²) < 4.78 is 0. The first-order valence-corrected chi connectivity index (χ1v) is 6.00. The summed E-state index contributed by atoms with van der Waals surface area (Å²) in [6, 6.07) is 16.1. The van der Waals surface area contributed by atoms with Crippen LogP contribution in [0.4, 0.5) is 0 Å². The molecule has 3 heteroatoms. The van der Waals surface area contributed by atoms with Gasteiger partial charge in [-0.2, -0.15) is 0 Å². The van der Waals surface area contributed by atoms with Gasteiger partial charge in [0.25, 0.3) is 0 Å². The number of carbonyl (C=O) groups excluding carboxylic acids is 1. The molecule has 0 saturated carbocycles. The van der Waals surface area contributed by atoms with E-state index in [4.69, 9.17) is 11.6 Å². The van der Waals surface area contributed by atoms with Gasteiger partial charge in [-0.1, -0.05) is 41.9 Å². The van der Waals surface area contributed by atoms with Crippen molar-refractivity contribution >= 4 is 17.4 Å². The molecule has 0 aliphatic carbocycles. The van der Waals surface area contributed by atoms with Crippen molar-refractivity contribution < 1.29 is 4.79 Å². The predicted molar refractivity (Wildman–Crippen MR) is 76.3 cm³/mol. The molecule has 0 spiro atoms. The second-order valence-electron chi connectivity index (χ2n) is 3.70. The number of hydrogen-bond acceptors (Lipinski definition) is 2. The minimum atomic E-state index is 0.0206. The van der Waals surface area contributed by atoms with E-state index < -0.39 is 0 Å². The second-order valence-corrected chi connectivity index (χ2v) is 4.14. The minimum absolute atomic E-state index is 0.0206. The third kappa shape index (κ3) is 4.32. The van der Waals surface area contributed by atoms with Crippen LogP contribution in [-0.4, -0.2) is 19.9 Å². The van der Waals surface area contributed by atoms with Gasteiger partial charge in [0.2, 0.25) is 0 Å². The van der Waals surface area contributed by atoms with Crippen LogP contribution in [0.3, 0.4) is 0 Å². The van der Waals surface area contributed by atoms with Crippen LogP contribution in [0.15, 0.2) is 54.6 Å². The summed E-state index contributed by atoms with van der Waals surface area (Å²) >= 11 is 5.75. The highest BCUT2D eigenvalue weighted by molar-refractivity contribution is 6.30. The number of ketones is 1. The van der Waals surface area contributed by atoms with E-state index in [1.807, 2.05) is 32.3 Å². The summed E-state index contributed by atoms with van der Waals surface area (Å²) in [6.45, 7) is 0. The fourth-order valence-corrected chi connectivity index (χ4v) is 1.48. The summed E-state index contributed by atoms with van der Waals surface area (Å²) in [5, 5.41) is 3.39. The topological polar surface area (TPSA) is 29.1 Å². The Bertz CT molecular complexity index is 480. The molecule has 0 aromatic heterocycles. The third-order valence-electron chi connectivity index (χ3n) is 2.14. The van der Waals surface area contributed by atoms with Crippen molar-refractivity contribution in [2.24, 2.45) is 0 Å². The van der Waals surface area contributed by atoms with Crippen LogP contribution in [0.25, 0.3) is 0 Å². The van der Waals surface area contributed by atoms with E-state index in [9.17, 15) is 4.79 Å². The van der Waals surface area contributed by atoms with Crippen LogP contribution in [0.1, 0.15) is 15.9 Å². The summed E-state index contributed by atoms with van der Waals surface area (Å²) in [5.41, 5.74) is 1.35. The summed E-state index contributed by atoms with van der Waals surface area (Å²) in [4.78, 5) is 11.9. The molecule has 18 heavy (non-hydrogen) atoms. The monoisotopic (exact) mass is 261 g/mol. The van der Waals surface area contributed by atoms with Gasteiger partial charge in [0.05, 0.1) is 0 Å². The van der Waals surface area contributed by atoms with Crippen molar-refractivity contribution in [3.8, 4) is 0 Å². The Kier molecular flexibility index (Phi) is 6.12. The molecule has 0 aliphatic heterocycles. The van der Waals surface area contributed by atoms with Gasteiger partial charge in [-0.25, -0.2) is 0 Å². The van der Waals surface area contributed by atoms with E-state index in [-0.39, 0.29) is 5.78 Å². The lowest BCUT2D eigenvalue weighted by atomic mass is 10.0. The first-order valence-electron chi connectivity index (χ1n) is 5.63. The van der Waals surface area contributed by atoms with Crippen LogP contribution in [0, 0.1) is 0 Å². The Labute approximate surface area is 113 Å². The maximum Gasteiger partial charge on any atom is 0.193 e. The quantitative estimate of drug-likeness (QED) is 0.840. The number of rotatable bonds is 2. The fourth-order valence-electron chi connectivity index (χ4n) is 1.36. The molecule has 94 valence electrons. The van der Waals surface area contributed by atoms with E-state index in [0.717, 1.165) is 0 Å². The first-order chi connectivity index (χ1) is 8.69. The van der Waals surface area contributed by atoms with Crippen molar-refractivity contribution in [3.05, 3.63) is 70.7 Å². The molecule has 0 unspecified atom stereocenters. The van der Waals surface area contributed by atoms with Gasteiger partial charge >= 0.3 is 0 Å². The van der Waals surface area contributed by atoms with Gasteiger partial charge in [0.1, 0.15) is 0 Å². The SMILES string of the molecule is CNC.O=C(c1ccccc1)c1ccc(Cl)cc1. The van der Waals surface area contributed by atoms with E-state index in [1.54, 1.807) is 36.4 Å². The van der Waals surface area contributed by atoms with Crippen LogP contribution in [0.2, 0.25) is 5.02 Å². The second kappa shape index (κ2) is 7.64. The van der Waals surface area contributed by atoms with Gasteiger partial charge < -0.3 is 5.32 Å². The van der Waals surface area contributed by atoms with Gasteiger partial charge in [-0.3, -0.25) is 4.79 Å². The number of carbonyl (C=O) groups is 1.